The van der Waals surface area contributed by atoms with Gasteiger partial charge in [-0.1, -0.05) is 19.0 Å². The molecule has 1 atom stereocenters. The van der Waals surface area contributed by atoms with Crippen LogP contribution in [0.3, 0.4) is 0 Å². The lowest BCUT2D eigenvalue weighted by atomic mass is 10.0. The molecule has 2 heterocycles. The van der Waals surface area contributed by atoms with Crippen LogP contribution in [0.4, 0.5) is 0 Å². The first-order chi connectivity index (χ1) is 9.04. The predicted octanol–water partition coefficient (Wildman–Crippen LogP) is 2.39. The highest BCUT2D eigenvalue weighted by atomic mass is 16.5. The standard InChI is InChI=1S/C14H19N3O2/c1-9(2)6-11(18)8-13-16-14(17-19-13)12-7-10(3)4-5-15-12/h4-5,7,9,11,18H,6,8H2,1-3H3. The van der Waals surface area contributed by atoms with Gasteiger partial charge in [0.1, 0.15) is 5.69 Å². The van der Waals surface area contributed by atoms with Crippen molar-refractivity contribution in [2.24, 2.45) is 5.92 Å². The molecule has 0 amide bonds. The first kappa shape index (κ1) is 13.7. The molecule has 0 aliphatic rings. The third kappa shape index (κ3) is 3.86. The molecule has 1 unspecified atom stereocenters. The van der Waals surface area contributed by atoms with Crippen LogP contribution < -0.4 is 0 Å². The zero-order valence-corrected chi connectivity index (χ0v) is 11.5. The average molecular weight is 261 g/mol. The number of pyridine rings is 1. The highest BCUT2D eigenvalue weighted by Crippen LogP contribution is 2.16. The lowest BCUT2D eigenvalue weighted by Gasteiger charge is -2.09. The van der Waals surface area contributed by atoms with Crippen molar-refractivity contribution in [1.29, 1.82) is 0 Å². The monoisotopic (exact) mass is 261 g/mol. The van der Waals surface area contributed by atoms with Crippen molar-refractivity contribution < 1.29 is 9.63 Å². The van der Waals surface area contributed by atoms with Crippen LogP contribution in [0.2, 0.25) is 0 Å². The summed E-state index contributed by atoms with van der Waals surface area (Å²) in [6, 6.07) is 3.82. The molecule has 0 fully saturated rings. The lowest BCUT2D eigenvalue weighted by Crippen LogP contribution is -2.13. The van der Waals surface area contributed by atoms with Crippen LogP contribution in [-0.2, 0) is 6.42 Å². The second kappa shape index (κ2) is 5.93. The minimum atomic E-state index is -0.446. The SMILES string of the molecule is Cc1ccnc(-c2noc(CC(O)CC(C)C)n2)c1. The van der Waals surface area contributed by atoms with Crippen molar-refractivity contribution in [3.05, 3.63) is 29.8 Å². The Bertz CT molecular complexity index is 537. The van der Waals surface area contributed by atoms with Gasteiger partial charge >= 0.3 is 0 Å². The molecule has 0 aromatic carbocycles. The van der Waals surface area contributed by atoms with Crippen molar-refractivity contribution in [2.45, 2.75) is 39.7 Å². The molecule has 0 saturated carbocycles. The first-order valence-corrected chi connectivity index (χ1v) is 6.48. The molecule has 0 bridgehead atoms. The van der Waals surface area contributed by atoms with E-state index < -0.39 is 6.10 Å². The predicted molar refractivity (Wildman–Crippen MR) is 71.4 cm³/mol. The molecule has 0 spiro atoms. The summed E-state index contributed by atoms with van der Waals surface area (Å²) in [5.41, 5.74) is 1.78. The Morgan fingerprint density at radius 2 is 2.16 bits per heavy atom. The number of aliphatic hydroxyl groups excluding tert-OH is 1. The van der Waals surface area contributed by atoms with E-state index in [0.717, 1.165) is 12.0 Å². The summed E-state index contributed by atoms with van der Waals surface area (Å²) in [4.78, 5) is 8.47. The smallest absolute Gasteiger partial charge is 0.229 e. The fraction of sp³-hybridized carbons (Fsp3) is 0.500. The van der Waals surface area contributed by atoms with E-state index in [1.807, 2.05) is 19.1 Å². The zero-order valence-electron chi connectivity index (χ0n) is 11.5. The van der Waals surface area contributed by atoms with Gasteiger partial charge in [0.2, 0.25) is 11.7 Å². The zero-order chi connectivity index (χ0) is 13.8. The third-order valence-electron chi connectivity index (χ3n) is 2.77. The summed E-state index contributed by atoms with van der Waals surface area (Å²) in [6.45, 7) is 6.12. The molecule has 0 aliphatic carbocycles. The molecular formula is C14H19N3O2. The van der Waals surface area contributed by atoms with Gasteiger partial charge in [-0.25, -0.2) is 0 Å². The van der Waals surface area contributed by atoms with Crippen molar-refractivity contribution >= 4 is 0 Å². The van der Waals surface area contributed by atoms with E-state index in [1.54, 1.807) is 6.20 Å². The van der Waals surface area contributed by atoms with Crippen molar-refractivity contribution in [3.8, 4) is 11.5 Å². The van der Waals surface area contributed by atoms with Gasteiger partial charge in [-0.05, 0) is 37.0 Å². The number of nitrogens with zero attached hydrogens (tertiary/aromatic N) is 3. The molecule has 0 radical (unpaired) electrons. The molecule has 19 heavy (non-hydrogen) atoms. The molecule has 0 aliphatic heterocycles. The topological polar surface area (TPSA) is 72.0 Å². The number of aryl methyl sites for hydroxylation is 1. The van der Waals surface area contributed by atoms with Gasteiger partial charge in [0.05, 0.1) is 12.5 Å². The summed E-state index contributed by atoms with van der Waals surface area (Å²) in [7, 11) is 0. The second-order valence-corrected chi connectivity index (χ2v) is 5.22. The van der Waals surface area contributed by atoms with Gasteiger partial charge in [-0.2, -0.15) is 4.98 Å². The van der Waals surface area contributed by atoms with E-state index in [-0.39, 0.29) is 0 Å². The lowest BCUT2D eigenvalue weighted by molar-refractivity contribution is 0.138. The molecule has 1 N–H and O–H groups in total. The summed E-state index contributed by atoms with van der Waals surface area (Å²) >= 11 is 0. The Balaban J connectivity index is 2.07. The van der Waals surface area contributed by atoms with Crippen molar-refractivity contribution in [3.63, 3.8) is 0 Å². The van der Waals surface area contributed by atoms with Crippen LogP contribution in [-0.4, -0.2) is 26.3 Å². The fourth-order valence-electron chi connectivity index (χ4n) is 1.93. The molecule has 5 nitrogen and oxygen atoms in total. The highest BCUT2D eigenvalue weighted by molar-refractivity contribution is 5.48. The van der Waals surface area contributed by atoms with Gasteiger partial charge in [0, 0.05) is 6.20 Å². The van der Waals surface area contributed by atoms with E-state index in [0.29, 0.717) is 29.7 Å². The number of aromatic nitrogens is 3. The Kier molecular flexibility index (Phi) is 4.27. The summed E-state index contributed by atoms with van der Waals surface area (Å²) < 4.78 is 5.15. The van der Waals surface area contributed by atoms with Crippen LogP contribution in [0.15, 0.2) is 22.9 Å². The Morgan fingerprint density at radius 1 is 1.37 bits per heavy atom. The van der Waals surface area contributed by atoms with E-state index in [4.69, 9.17) is 4.52 Å². The van der Waals surface area contributed by atoms with Gasteiger partial charge in [-0.3, -0.25) is 4.98 Å². The molecule has 5 heteroatoms. The molecule has 2 aromatic heterocycles. The third-order valence-corrected chi connectivity index (χ3v) is 2.77. The minimum Gasteiger partial charge on any atom is -0.393 e. The molecular weight excluding hydrogens is 242 g/mol. The normalized spacial score (nSPS) is 12.9. The van der Waals surface area contributed by atoms with Crippen LogP contribution in [0.5, 0.6) is 0 Å². The Labute approximate surface area is 112 Å². The average Bonchev–Trinajstić information content (AvgIpc) is 2.76. The van der Waals surface area contributed by atoms with Crippen LogP contribution >= 0.6 is 0 Å². The second-order valence-electron chi connectivity index (χ2n) is 5.22. The first-order valence-electron chi connectivity index (χ1n) is 6.48. The number of hydrogen-bond acceptors (Lipinski definition) is 5. The van der Waals surface area contributed by atoms with Gasteiger partial charge in [0.15, 0.2) is 0 Å². The van der Waals surface area contributed by atoms with Crippen LogP contribution in [0, 0.1) is 12.8 Å². The van der Waals surface area contributed by atoms with Crippen LogP contribution in [0.1, 0.15) is 31.7 Å². The highest BCUT2D eigenvalue weighted by Gasteiger charge is 2.15. The quantitative estimate of drug-likeness (QED) is 0.894. The number of hydrogen-bond donors (Lipinski definition) is 1. The molecule has 2 aromatic rings. The van der Waals surface area contributed by atoms with Crippen molar-refractivity contribution in [2.75, 3.05) is 0 Å². The summed E-state index contributed by atoms with van der Waals surface area (Å²) in [6.07, 6.45) is 2.38. The number of aliphatic hydroxyl groups is 1. The van der Waals surface area contributed by atoms with E-state index in [2.05, 4.69) is 29.0 Å². The van der Waals surface area contributed by atoms with Gasteiger partial charge in [-0.15, -0.1) is 0 Å². The van der Waals surface area contributed by atoms with Gasteiger partial charge in [0.25, 0.3) is 0 Å². The fourth-order valence-corrected chi connectivity index (χ4v) is 1.93. The summed E-state index contributed by atoms with van der Waals surface area (Å²) in [5.74, 6) is 1.36. The molecule has 0 saturated heterocycles. The number of rotatable bonds is 5. The minimum absolute atomic E-state index is 0.386. The summed E-state index contributed by atoms with van der Waals surface area (Å²) in [5, 5.41) is 13.8. The van der Waals surface area contributed by atoms with Crippen LogP contribution in [0.25, 0.3) is 11.5 Å². The maximum atomic E-state index is 9.85. The van der Waals surface area contributed by atoms with Gasteiger partial charge < -0.3 is 9.63 Å². The Hall–Kier alpha value is -1.75. The van der Waals surface area contributed by atoms with E-state index in [1.165, 1.54) is 0 Å². The largest absolute Gasteiger partial charge is 0.393 e. The van der Waals surface area contributed by atoms with Crippen molar-refractivity contribution in [1.82, 2.24) is 15.1 Å². The van der Waals surface area contributed by atoms with E-state index >= 15 is 0 Å². The molecule has 2 rings (SSSR count). The van der Waals surface area contributed by atoms with E-state index in [9.17, 15) is 5.11 Å². The Morgan fingerprint density at radius 3 is 2.84 bits per heavy atom. The molecule has 102 valence electrons. The maximum Gasteiger partial charge on any atom is 0.229 e. The maximum absolute atomic E-state index is 9.85.